The summed E-state index contributed by atoms with van der Waals surface area (Å²) in [7, 11) is 0. The molecule has 0 fully saturated rings. The second kappa shape index (κ2) is 7.10. The van der Waals surface area contributed by atoms with Crippen molar-refractivity contribution in [2.45, 2.75) is 38.6 Å². The Bertz CT molecular complexity index is 502. The van der Waals surface area contributed by atoms with Gasteiger partial charge in [0.2, 0.25) is 0 Å². The number of ether oxygens (including phenoxy) is 1. The molecule has 0 aliphatic carbocycles. The molecule has 2 rings (SSSR count). The molecule has 0 aromatic heterocycles. The van der Waals surface area contributed by atoms with E-state index < -0.39 is 0 Å². The van der Waals surface area contributed by atoms with Gasteiger partial charge in [0, 0.05) is 0 Å². The summed E-state index contributed by atoms with van der Waals surface area (Å²) in [6.07, 6.45) is 2.44. The van der Waals surface area contributed by atoms with Gasteiger partial charge in [0.15, 0.2) is 0 Å². The maximum atomic E-state index is 12.0. The van der Waals surface area contributed by atoms with Crippen molar-refractivity contribution in [1.29, 1.82) is 0 Å². The van der Waals surface area contributed by atoms with Crippen LogP contribution in [0.3, 0.4) is 0 Å². The van der Waals surface area contributed by atoms with Gasteiger partial charge in [0.1, 0.15) is 0 Å². The Balaban J connectivity index is 2.05. The van der Waals surface area contributed by atoms with E-state index in [9.17, 15) is 4.79 Å². The minimum atomic E-state index is -0.335. The van der Waals surface area contributed by atoms with Crippen molar-refractivity contribution in [1.82, 2.24) is 5.01 Å². The third-order valence-corrected chi connectivity index (χ3v) is 5.71. The van der Waals surface area contributed by atoms with Crippen LogP contribution in [0.2, 0.25) is 5.32 Å². The van der Waals surface area contributed by atoms with Crippen LogP contribution in [-0.4, -0.2) is 44.9 Å². The molecule has 1 aromatic carbocycles. The molecule has 0 saturated carbocycles. The number of carbonyl (C=O) groups is 1. The zero-order chi connectivity index (χ0) is 15.3. The normalized spacial score (nSPS) is 20.3. The fraction of sp³-hybridized carbons (Fsp3) is 0.500. The molecule has 1 aliphatic rings. The summed E-state index contributed by atoms with van der Waals surface area (Å²) in [4.78, 5) is 12.0. The fourth-order valence-electron chi connectivity index (χ4n) is 2.28. The van der Waals surface area contributed by atoms with E-state index in [0.717, 1.165) is 11.7 Å². The number of amides is 1. The molecule has 1 heterocycles. The standard InChI is InChI=1S/C16H22N2O2Se/c1-4-20-15(19)18-13(10-16(2,3)12-17-18)11-21-14-8-6-5-7-9-14/h5-9,12-13H,4,10-11H2,1-3H3. The number of hydrogen-bond acceptors (Lipinski definition) is 3. The predicted octanol–water partition coefficient (Wildman–Crippen LogP) is 2.68. The van der Waals surface area contributed by atoms with Gasteiger partial charge in [-0.1, -0.05) is 0 Å². The summed E-state index contributed by atoms with van der Waals surface area (Å²) in [5.41, 5.74) is 0.0282. The van der Waals surface area contributed by atoms with Crippen molar-refractivity contribution in [2.24, 2.45) is 10.5 Å². The average Bonchev–Trinajstić information content (AvgIpc) is 2.45. The van der Waals surface area contributed by atoms with Gasteiger partial charge < -0.3 is 0 Å². The molecule has 1 unspecified atom stereocenters. The molecule has 4 nitrogen and oxygen atoms in total. The Hall–Kier alpha value is -1.32. The van der Waals surface area contributed by atoms with Crippen LogP contribution in [-0.2, 0) is 4.74 Å². The molecular weight excluding hydrogens is 331 g/mol. The van der Waals surface area contributed by atoms with Crippen LogP contribution in [0.1, 0.15) is 27.2 Å². The van der Waals surface area contributed by atoms with E-state index in [-0.39, 0.29) is 17.6 Å². The number of hydrazone groups is 1. The van der Waals surface area contributed by atoms with Crippen molar-refractivity contribution in [2.75, 3.05) is 6.61 Å². The first-order valence-corrected chi connectivity index (χ1v) is 9.27. The summed E-state index contributed by atoms with van der Waals surface area (Å²) >= 11 is 0.333. The van der Waals surface area contributed by atoms with Gasteiger partial charge in [-0.3, -0.25) is 0 Å². The maximum absolute atomic E-state index is 12.0. The minimum absolute atomic E-state index is 0.0282. The summed E-state index contributed by atoms with van der Waals surface area (Å²) in [5.74, 6) is 0. The topological polar surface area (TPSA) is 41.9 Å². The fourth-order valence-corrected chi connectivity index (χ4v) is 4.37. The molecule has 1 amide bonds. The summed E-state index contributed by atoms with van der Waals surface area (Å²) in [5, 5.41) is 6.82. The van der Waals surface area contributed by atoms with Gasteiger partial charge in [0.25, 0.3) is 0 Å². The molecule has 0 N–H and O–H groups in total. The number of hydrogen-bond donors (Lipinski definition) is 0. The second-order valence-electron chi connectivity index (χ2n) is 5.76. The van der Waals surface area contributed by atoms with Crippen molar-refractivity contribution >= 4 is 31.7 Å². The van der Waals surface area contributed by atoms with E-state index in [1.165, 1.54) is 9.47 Å². The van der Waals surface area contributed by atoms with Crippen LogP contribution in [0.4, 0.5) is 4.79 Å². The van der Waals surface area contributed by atoms with Crippen molar-refractivity contribution in [3.05, 3.63) is 30.3 Å². The molecule has 21 heavy (non-hydrogen) atoms. The van der Waals surface area contributed by atoms with Gasteiger partial charge in [-0.15, -0.1) is 0 Å². The van der Waals surface area contributed by atoms with Gasteiger partial charge in [-0.05, 0) is 0 Å². The third-order valence-electron chi connectivity index (χ3n) is 3.28. The first-order chi connectivity index (χ1) is 10.0. The van der Waals surface area contributed by atoms with Gasteiger partial charge in [-0.25, -0.2) is 0 Å². The van der Waals surface area contributed by atoms with Gasteiger partial charge in [0.05, 0.1) is 0 Å². The number of nitrogens with zero attached hydrogens (tertiary/aromatic N) is 2. The predicted molar refractivity (Wildman–Crippen MR) is 86.2 cm³/mol. The average molecular weight is 353 g/mol. The summed E-state index contributed by atoms with van der Waals surface area (Å²) in [6, 6.07) is 10.5. The molecule has 1 atom stereocenters. The summed E-state index contributed by atoms with van der Waals surface area (Å²) < 4.78 is 6.46. The van der Waals surface area contributed by atoms with Crippen LogP contribution in [0.25, 0.3) is 0 Å². The molecule has 0 saturated heterocycles. The first kappa shape index (κ1) is 16.1. The van der Waals surface area contributed by atoms with Gasteiger partial charge >= 0.3 is 132 Å². The van der Waals surface area contributed by atoms with Crippen LogP contribution >= 0.6 is 0 Å². The van der Waals surface area contributed by atoms with Crippen LogP contribution in [0.5, 0.6) is 0 Å². The number of carbonyl (C=O) groups excluding carboxylic acids is 1. The van der Waals surface area contributed by atoms with Crippen molar-refractivity contribution in [3.8, 4) is 0 Å². The Kier molecular flexibility index (Phi) is 5.43. The van der Waals surface area contributed by atoms with E-state index in [4.69, 9.17) is 4.74 Å². The molecule has 1 aliphatic heterocycles. The molecule has 114 valence electrons. The monoisotopic (exact) mass is 354 g/mol. The van der Waals surface area contributed by atoms with Crippen molar-refractivity contribution in [3.63, 3.8) is 0 Å². The van der Waals surface area contributed by atoms with E-state index in [0.29, 0.717) is 21.6 Å². The molecule has 0 spiro atoms. The van der Waals surface area contributed by atoms with E-state index >= 15 is 0 Å². The Morgan fingerprint density at radius 3 is 2.81 bits per heavy atom. The quantitative estimate of drug-likeness (QED) is 0.781. The molecular formula is C16H22N2O2Se. The van der Waals surface area contributed by atoms with E-state index in [2.05, 4.69) is 43.2 Å². The number of benzene rings is 1. The van der Waals surface area contributed by atoms with Crippen LogP contribution in [0, 0.1) is 5.41 Å². The second-order valence-corrected chi connectivity index (χ2v) is 8.05. The van der Waals surface area contributed by atoms with Gasteiger partial charge in [-0.2, -0.15) is 0 Å². The van der Waals surface area contributed by atoms with Crippen LogP contribution < -0.4 is 4.46 Å². The molecule has 5 heteroatoms. The van der Waals surface area contributed by atoms with E-state index in [1.54, 1.807) is 0 Å². The molecule has 0 bridgehead atoms. The molecule has 1 aromatic rings. The Morgan fingerprint density at radius 2 is 2.14 bits per heavy atom. The van der Waals surface area contributed by atoms with Crippen molar-refractivity contribution < 1.29 is 9.53 Å². The molecule has 0 radical (unpaired) electrons. The zero-order valence-electron chi connectivity index (χ0n) is 12.8. The van der Waals surface area contributed by atoms with Crippen LogP contribution in [0.15, 0.2) is 35.4 Å². The SMILES string of the molecule is CCOC(=O)N1N=CC(C)(C)CC1C[Se]c1ccccc1. The van der Waals surface area contributed by atoms with E-state index in [1.807, 2.05) is 19.2 Å². The Labute approximate surface area is 132 Å². The first-order valence-electron chi connectivity index (χ1n) is 7.21. The summed E-state index contributed by atoms with van der Waals surface area (Å²) in [6.45, 7) is 6.51. The zero-order valence-corrected chi connectivity index (χ0v) is 14.5. The Morgan fingerprint density at radius 1 is 1.43 bits per heavy atom. The number of rotatable bonds is 4. The third kappa shape index (κ3) is 4.58.